The monoisotopic (exact) mass is 354 g/mol. The van der Waals surface area contributed by atoms with E-state index in [0.717, 1.165) is 32.1 Å². The van der Waals surface area contributed by atoms with Gasteiger partial charge in [0.15, 0.2) is 0 Å². The largest absolute Gasteiger partial charge is 0.480 e. The minimum Gasteiger partial charge on any atom is -0.480 e. The third kappa shape index (κ3) is 14.7. The number of carboxylic acids is 1. The zero-order chi connectivity index (χ0) is 18.9. The lowest BCUT2D eigenvalue weighted by atomic mass is 10.1. The van der Waals surface area contributed by atoms with Gasteiger partial charge in [-0.05, 0) is 65.5 Å². The van der Waals surface area contributed by atoms with Crippen molar-refractivity contribution >= 4 is 11.9 Å². The highest BCUT2D eigenvalue weighted by molar-refractivity contribution is 5.75. The Morgan fingerprint density at radius 1 is 1.00 bits per heavy atom. The lowest BCUT2D eigenvalue weighted by Crippen LogP contribution is -2.35. The Balaban J connectivity index is 3.51. The van der Waals surface area contributed by atoms with Crippen LogP contribution in [-0.4, -0.2) is 48.6 Å². The summed E-state index contributed by atoms with van der Waals surface area (Å²) in [6, 6.07) is -0.439. The van der Waals surface area contributed by atoms with Crippen molar-refractivity contribution < 1.29 is 14.7 Å². The molecule has 0 aliphatic heterocycles. The second kappa shape index (κ2) is 16.1. The van der Waals surface area contributed by atoms with Crippen LogP contribution in [0.1, 0.15) is 77.6 Å². The highest BCUT2D eigenvalue weighted by Crippen LogP contribution is 2.06. The summed E-state index contributed by atoms with van der Waals surface area (Å²) in [5.41, 5.74) is 0. The van der Waals surface area contributed by atoms with Gasteiger partial charge in [0.05, 0.1) is 0 Å². The average molecular weight is 355 g/mol. The summed E-state index contributed by atoms with van der Waals surface area (Å²) >= 11 is 0. The predicted octanol–water partition coefficient (Wildman–Crippen LogP) is 3.98. The number of nitrogens with one attached hydrogen (secondary N) is 1. The van der Waals surface area contributed by atoms with Crippen molar-refractivity contribution in [3.63, 3.8) is 0 Å². The fourth-order valence-corrected chi connectivity index (χ4v) is 2.68. The van der Waals surface area contributed by atoms with Gasteiger partial charge in [0, 0.05) is 13.0 Å². The molecular weight excluding hydrogens is 316 g/mol. The van der Waals surface area contributed by atoms with Gasteiger partial charge in [0.2, 0.25) is 5.91 Å². The van der Waals surface area contributed by atoms with Crippen molar-refractivity contribution in [1.29, 1.82) is 0 Å². The smallest absolute Gasteiger partial charge is 0.320 e. The molecule has 1 amide bonds. The molecule has 146 valence electrons. The Labute approximate surface area is 153 Å². The fourth-order valence-electron chi connectivity index (χ4n) is 2.68. The van der Waals surface area contributed by atoms with Gasteiger partial charge >= 0.3 is 5.97 Å². The maximum atomic E-state index is 11.7. The van der Waals surface area contributed by atoms with Gasteiger partial charge in [0.1, 0.15) is 6.04 Å². The number of nitrogens with zero attached hydrogens (tertiary/aromatic N) is 1. The van der Waals surface area contributed by atoms with E-state index < -0.39 is 12.0 Å². The van der Waals surface area contributed by atoms with Gasteiger partial charge in [-0.25, -0.2) is 0 Å². The third-order valence-corrected chi connectivity index (χ3v) is 4.30. The first-order chi connectivity index (χ1) is 12.0. The number of aliphatic carboxylic acids is 1. The number of allylic oxidation sites excluding steroid dienone is 2. The zero-order valence-corrected chi connectivity index (χ0v) is 16.4. The summed E-state index contributed by atoms with van der Waals surface area (Å²) in [7, 11) is 3.56. The minimum absolute atomic E-state index is 0.106. The molecule has 5 heteroatoms. The second-order valence-corrected chi connectivity index (χ2v) is 6.88. The van der Waals surface area contributed by atoms with Crippen molar-refractivity contribution in [3.8, 4) is 0 Å². The lowest BCUT2D eigenvalue weighted by Gasteiger charge is -2.19. The second-order valence-electron chi connectivity index (χ2n) is 6.88. The van der Waals surface area contributed by atoms with Crippen LogP contribution < -0.4 is 5.32 Å². The Morgan fingerprint density at radius 3 is 2.20 bits per heavy atom. The molecule has 25 heavy (non-hydrogen) atoms. The van der Waals surface area contributed by atoms with Crippen molar-refractivity contribution in [3.05, 3.63) is 12.2 Å². The van der Waals surface area contributed by atoms with E-state index in [1.165, 1.54) is 25.7 Å². The van der Waals surface area contributed by atoms with Gasteiger partial charge in [-0.15, -0.1) is 0 Å². The van der Waals surface area contributed by atoms with Crippen LogP contribution in [0.4, 0.5) is 0 Å². The zero-order valence-electron chi connectivity index (χ0n) is 16.4. The van der Waals surface area contributed by atoms with E-state index in [1.807, 2.05) is 0 Å². The van der Waals surface area contributed by atoms with E-state index in [1.54, 1.807) is 19.0 Å². The average Bonchev–Trinajstić information content (AvgIpc) is 2.55. The van der Waals surface area contributed by atoms with Crippen LogP contribution in [0.3, 0.4) is 0 Å². The van der Waals surface area contributed by atoms with E-state index in [0.29, 0.717) is 19.4 Å². The number of carboxylic acid groups (broad SMARTS) is 1. The molecule has 0 aromatic rings. The number of hydrogen-bond acceptors (Lipinski definition) is 3. The molecule has 0 saturated heterocycles. The number of likely N-dealkylation sites (N-methyl/N-ethyl adjacent to an activating group) is 1. The normalized spacial score (nSPS) is 12.6. The molecule has 0 aliphatic rings. The molecule has 0 spiro atoms. The molecule has 0 saturated carbocycles. The van der Waals surface area contributed by atoms with E-state index >= 15 is 0 Å². The Bertz CT molecular complexity index is 381. The van der Waals surface area contributed by atoms with E-state index in [2.05, 4.69) is 24.4 Å². The van der Waals surface area contributed by atoms with Crippen LogP contribution in [0, 0.1) is 0 Å². The number of amides is 1. The molecule has 0 bridgehead atoms. The molecular formula is C20H38N2O3. The quantitative estimate of drug-likeness (QED) is 0.325. The highest BCUT2D eigenvalue weighted by atomic mass is 16.4. The van der Waals surface area contributed by atoms with Gasteiger partial charge in [0.25, 0.3) is 0 Å². The first kappa shape index (κ1) is 23.6. The molecule has 0 aromatic heterocycles. The van der Waals surface area contributed by atoms with Crippen LogP contribution in [0.25, 0.3) is 0 Å². The van der Waals surface area contributed by atoms with Gasteiger partial charge < -0.3 is 10.4 Å². The molecule has 0 rings (SSSR count). The number of unbranched alkanes of at least 4 members (excludes halogenated alkanes) is 6. The Hall–Kier alpha value is -1.36. The van der Waals surface area contributed by atoms with E-state index in [-0.39, 0.29) is 5.91 Å². The van der Waals surface area contributed by atoms with Gasteiger partial charge in [-0.1, -0.05) is 31.9 Å². The summed E-state index contributed by atoms with van der Waals surface area (Å²) in [6.45, 7) is 2.85. The molecule has 2 N–H and O–H groups in total. The summed E-state index contributed by atoms with van der Waals surface area (Å²) in [5, 5.41) is 12.0. The molecule has 0 aromatic carbocycles. The summed E-state index contributed by atoms with van der Waals surface area (Å²) < 4.78 is 0. The van der Waals surface area contributed by atoms with Gasteiger partial charge in [-0.3, -0.25) is 14.5 Å². The summed E-state index contributed by atoms with van der Waals surface area (Å²) in [6.07, 6.45) is 15.4. The van der Waals surface area contributed by atoms with Crippen LogP contribution >= 0.6 is 0 Å². The van der Waals surface area contributed by atoms with Crippen LogP contribution in [0.5, 0.6) is 0 Å². The maximum Gasteiger partial charge on any atom is 0.320 e. The minimum atomic E-state index is -0.784. The molecule has 0 aliphatic carbocycles. The molecule has 1 atom stereocenters. The lowest BCUT2D eigenvalue weighted by molar-refractivity contribution is -0.142. The van der Waals surface area contributed by atoms with E-state index in [9.17, 15) is 9.59 Å². The molecule has 0 unspecified atom stereocenters. The first-order valence-corrected chi connectivity index (χ1v) is 9.80. The van der Waals surface area contributed by atoms with Crippen molar-refractivity contribution in [2.24, 2.45) is 0 Å². The third-order valence-electron chi connectivity index (χ3n) is 4.30. The highest BCUT2D eigenvalue weighted by Gasteiger charge is 2.18. The fraction of sp³-hybridized carbons (Fsp3) is 0.800. The van der Waals surface area contributed by atoms with Crippen molar-refractivity contribution in [2.45, 2.75) is 83.6 Å². The Morgan fingerprint density at radius 2 is 1.64 bits per heavy atom. The van der Waals surface area contributed by atoms with E-state index in [4.69, 9.17) is 5.11 Å². The van der Waals surface area contributed by atoms with Crippen LogP contribution in [0.15, 0.2) is 12.2 Å². The molecule has 0 radical (unpaired) electrons. The van der Waals surface area contributed by atoms with Crippen LogP contribution in [0.2, 0.25) is 0 Å². The molecule has 0 heterocycles. The SMILES string of the molecule is CCCCC/C=C/CCCCC(=O)NCCCC[C@@H](C(=O)O)N(C)C. The first-order valence-electron chi connectivity index (χ1n) is 9.80. The van der Waals surface area contributed by atoms with Crippen LogP contribution in [-0.2, 0) is 9.59 Å². The molecule has 5 nitrogen and oxygen atoms in total. The Kier molecular flexibility index (Phi) is 15.2. The number of carbonyl (C=O) groups excluding carboxylic acids is 1. The number of hydrogen-bond donors (Lipinski definition) is 2. The van der Waals surface area contributed by atoms with Gasteiger partial charge in [-0.2, -0.15) is 0 Å². The molecule has 0 fully saturated rings. The number of carbonyl (C=O) groups is 2. The maximum absolute atomic E-state index is 11.7. The van der Waals surface area contributed by atoms with Crippen molar-refractivity contribution in [2.75, 3.05) is 20.6 Å². The topological polar surface area (TPSA) is 69.6 Å². The van der Waals surface area contributed by atoms with Crippen molar-refractivity contribution in [1.82, 2.24) is 10.2 Å². The summed E-state index contributed by atoms with van der Waals surface area (Å²) in [4.78, 5) is 24.5. The standard InChI is InChI=1S/C20H38N2O3/c1-4-5-6-7-8-9-10-11-12-16-19(23)21-17-14-13-15-18(20(24)25)22(2)3/h8-9,18H,4-7,10-17H2,1-3H3,(H,21,23)(H,24,25)/b9-8+/t18-/m0/s1. The number of rotatable bonds is 16. The predicted molar refractivity (Wildman–Crippen MR) is 104 cm³/mol. The summed E-state index contributed by atoms with van der Waals surface area (Å²) in [5.74, 6) is -0.678.